The number of fused-ring (bicyclic) bond motifs is 2. The van der Waals surface area contributed by atoms with Crippen molar-refractivity contribution in [3.63, 3.8) is 0 Å². The predicted octanol–water partition coefficient (Wildman–Crippen LogP) is 5.52. The first-order valence-electron chi connectivity index (χ1n) is 13.4. The fourth-order valence-corrected chi connectivity index (χ4v) is 5.31. The van der Waals surface area contributed by atoms with Gasteiger partial charge in [-0.25, -0.2) is 14.6 Å². The molecule has 0 atom stereocenters. The number of benzene rings is 3. The van der Waals surface area contributed by atoms with Crippen molar-refractivity contribution in [2.24, 2.45) is 5.92 Å². The first-order chi connectivity index (χ1) is 18.6. The van der Waals surface area contributed by atoms with E-state index in [9.17, 15) is 4.79 Å². The van der Waals surface area contributed by atoms with Gasteiger partial charge in [-0.2, -0.15) is 5.10 Å². The Morgan fingerprint density at radius 3 is 2.47 bits per heavy atom. The number of amides is 1. The highest BCUT2D eigenvalue weighted by Crippen LogP contribution is 2.28. The van der Waals surface area contributed by atoms with Crippen LogP contribution in [0.1, 0.15) is 36.5 Å². The van der Waals surface area contributed by atoms with Gasteiger partial charge in [0, 0.05) is 38.2 Å². The van der Waals surface area contributed by atoms with Crippen LogP contribution in [0.4, 0.5) is 5.82 Å². The maximum absolute atomic E-state index is 13.6. The summed E-state index contributed by atoms with van der Waals surface area (Å²) in [6, 6.07) is 24.2. The molecule has 7 heteroatoms. The third-order valence-electron chi connectivity index (χ3n) is 7.15. The van der Waals surface area contributed by atoms with Crippen LogP contribution in [0.3, 0.4) is 0 Å². The average molecular weight is 505 g/mol. The minimum atomic E-state index is 0.0916. The number of carbonyl (C=O) groups excluding carboxylic acids is 1. The van der Waals surface area contributed by atoms with Gasteiger partial charge in [-0.1, -0.05) is 68.4 Å². The zero-order chi connectivity index (χ0) is 26.1. The van der Waals surface area contributed by atoms with Crippen molar-refractivity contribution in [2.45, 2.75) is 26.7 Å². The van der Waals surface area contributed by atoms with Gasteiger partial charge in [-0.3, -0.25) is 4.79 Å². The molecular formula is C31H32N6O. The topological polar surface area (TPSA) is 67.2 Å². The molecule has 0 spiro atoms. The highest BCUT2D eigenvalue weighted by molar-refractivity contribution is 6.07. The lowest BCUT2D eigenvalue weighted by molar-refractivity contribution is 0.0769. The zero-order valence-corrected chi connectivity index (χ0v) is 21.9. The Morgan fingerprint density at radius 2 is 1.63 bits per heavy atom. The minimum absolute atomic E-state index is 0.0916. The van der Waals surface area contributed by atoms with Crippen LogP contribution in [-0.4, -0.2) is 56.7 Å². The molecular weight excluding hydrogens is 472 g/mol. The van der Waals surface area contributed by atoms with E-state index in [1.54, 1.807) is 0 Å². The largest absolute Gasteiger partial charge is 0.354 e. The van der Waals surface area contributed by atoms with Crippen LogP contribution in [0, 0.1) is 5.92 Å². The summed E-state index contributed by atoms with van der Waals surface area (Å²) >= 11 is 0. The molecule has 1 aliphatic rings. The van der Waals surface area contributed by atoms with E-state index in [0.717, 1.165) is 70.6 Å². The van der Waals surface area contributed by atoms with Crippen molar-refractivity contribution in [1.82, 2.24) is 24.6 Å². The van der Waals surface area contributed by atoms with Crippen molar-refractivity contribution in [3.8, 4) is 5.69 Å². The smallest absolute Gasteiger partial charge is 0.254 e. The number of para-hydroxylation sites is 1. The summed E-state index contributed by atoms with van der Waals surface area (Å²) < 4.78 is 1.90. The number of nitrogens with zero attached hydrogens (tertiary/aromatic N) is 6. The monoisotopic (exact) mass is 504 g/mol. The molecule has 3 aromatic carbocycles. The molecule has 0 N–H and O–H groups in total. The summed E-state index contributed by atoms with van der Waals surface area (Å²) in [6.45, 7) is 7.26. The van der Waals surface area contributed by atoms with Crippen molar-refractivity contribution in [1.29, 1.82) is 0 Å². The van der Waals surface area contributed by atoms with Crippen LogP contribution >= 0.6 is 0 Å². The van der Waals surface area contributed by atoms with Gasteiger partial charge in [0.15, 0.2) is 5.65 Å². The summed E-state index contributed by atoms with van der Waals surface area (Å²) in [5.41, 5.74) is 2.57. The first-order valence-corrected chi connectivity index (χ1v) is 13.4. The lowest BCUT2D eigenvalue weighted by Crippen LogP contribution is -2.35. The average Bonchev–Trinajstić information content (AvgIpc) is 3.21. The highest BCUT2D eigenvalue weighted by atomic mass is 16.2. The Morgan fingerprint density at radius 1 is 0.842 bits per heavy atom. The Balaban J connectivity index is 1.32. The summed E-state index contributed by atoms with van der Waals surface area (Å²) in [6.07, 6.45) is 3.54. The molecule has 1 fully saturated rings. The maximum atomic E-state index is 13.6. The summed E-state index contributed by atoms with van der Waals surface area (Å²) in [4.78, 5) is 27.9. The van der Waals surface area contributed by atoms with E-state index >= 15 is 0 Å². The lowest BCUT2D eigenvalue weighted by Gasteiger charge is -2.24. The van der Waals surface area contributed by atoms with Crippen molar-refractivity contribution in [2.75, 3.05) is 31.1 Å². The second-order valence-corrected chi connectivity index (χ2v) is 10.4. The standard InChI is InChI=1S/C31H32N6O/c1-22(2)20-28-33-29(27-21-32-37(30(27)34-28)24-12-4-3-5-13-24)35-16-9-17-36(19-18-35)31(38)26-15-8-11-23-10-6-7-14-25(23)26/h3-8,10-15,21-22H,9,16-20H2,1-2H3. The van der Waals surface area contributed by atoms with Gasteiger partial charge in [0.1, 0.15) is 11.6 Å². The lowest BCUT2D eigenvalue weighted by atomic mass is 10.0. The van der Waals surface area contributed by atoms with Crippen molar-refractivity contribution in [3.05, 3.63) is 90.4 Å². The molecule has 3 heterocycles. The van der Waals surface area contributed by atoms with Crippen LogP contribution in [0.5, 0.6) is 0 Å². The fourth-order valence-electron chi connectivity index (χ4n) is 5.31. The first kappa shape index (κ1) is 24.1. The number of hydrogen-bond donors (Lipinski definition) is 0. The van der Waals surface area contributed by atoms with E-state index in [4.69, 9.17) is 15.1 Å². The van der Waals surface area contributed by atoms with Gasteiger partial charge in [0.05, 0.1) is 17.3 Å². The van der Waals surface area contributed by atoms with Crippen LogP contribution in [0.2, 0.25) is 0 Å². The molecule has 0 bridgehead atoms. The molecule has 2 aromatic heterocycles. The quantitative estimate of drug-likeness (QED) is 0.315. The number of rotatable bonds is 5. The number of carbonyl (C=O) groups is 1. The molecule has 1 amide bonds. The predicted molar refractivity (Wildman–Crippen MR) is 152 cm³/mol. The van der Waals surface area contributed by atoms with E-state index in [2.05, 4.69) is 30.9 Å². The van der Waals surface area contributed by atoms with Gasteiger partial charge in [-0.05, 0) is 41.3 Å². The molecule has 5 aromatic rings. The van der Waals surface area contributed by atoms with Crippen molar-refractivity contribution < 1.29 is 4.79 Å². The molecule has 0 unspecified atom stereocenters. The second-order valence-electron chi connectivity index (χ2n) is 10.4. The number of hydrogen-bond acceptors (Lipinski definition) is 5. The van der Waals surface area contributed by atoms with Gasteiger partial charge in [0.25, 0.3) is 5.91 Å². The van der Waals surface area contributed by atoms with Gasteiger partial charge in [0.2, 0.25) is 0 Å². The van der Waals surface area contributed by atoms with Crippen LogP contribution in [0.15, 0.2) is 79.0 Å². The molecule has 1 aliphatic heterocycles. The summed E-state index contributed by atoms with van der Waals surface area (Å²) in [5.74, 6) is 2.26. The van der Waals surface area contributed by atoms with E-state index < -0.39 is 0 Å². The normalized spacial score (nSPS) is 14.4. The van der Waals surface area contributed by atoms with Crippen molar-refractivity contribution >= 4 is 33.5 Å². The molecule has 0 aliphatic carbocycles. The Labute approximate surface area is 222 Å². The van der Waals surface area contributed by atoms with Gasteiger partial charge < -0.3 is 9.80 Å². The number of aromatic nitrogens is 4. The van der Waals surface area contributed by atoms with Crippen LogP contribution in [0.25, 0.3) is 27.5 Å². The molecule has 1 saturated heterocycles. The number of anilines is 1. The molecule has 6 rings (SSSR count). The summed E-state index contributed by atoms with van der Waals surface area (Å²) in [7, 11) is 0. The maximum Gasteiger partial charge on any atom is 0.254 e. The fraction of sp³-hybridized carbons (Fsp3) is 0.290. The third kappa shape index (κ3) is 4.60. The van der Waals surface area contributed by atoms with Crippen LogP contribution in [-0.2, 0) is 6.42 Å². The van der Waals surface area contributed by atoms with E-state index in [-0.39, 0.29) is 5.91 Å². The van der Waals surface area contributed by atoms with Gasteiger partial charge >= 0.3 is 0 Å². The molecule has 0 radical (unpaired) electrons. The van der Waals surface area contributed by atoms with E-state index in [1.165, 1.54) is 0 Å². The van der Waals surface area contributed by atoms with Crippen LogP contribution < -0.4 is 4.90 Å². The highest BCUT2D eigenvalue weighted by Gasteiger charge is 2.25. The Bertz CT molecular complexity index is 1590. The van der Waals surface area contributed by atoms with Gasteiger partial charge in [-0.15, -0.1) is 0 Å². The summed E-state index contributed by atoms with van der Waals surface area (Å²) in [5, 5.41) is 7.73. The Kier molecular flexibility index (Phi) is 6.50. The van der Waals surface area contributed by atoms with E-state index in [0.29, 0.717) is 19.0 Å². The third-order valence-corrected chi connectivity index (χ3v) is 7.15. The zero-order valence-electron chi connectivity index (χ0n) is 21.9. The Hall–Kier alpha value is -4.26. The molecule has 192 valence electrons. The molecule has 0 saturated carbocycles. The second kappa shape index (κ2) is 10.2. The SMILES string of the molecule is CC(C)Cc1nc(N2CCCN(C(=O)c3cccc4ccccc34)CC2)c2cnn(-c3ccccc3)c2n1. The van der Waals surface area contributed by atoms with E-state index in [1.807, 2.05) is 76.4 Å². The minimum Gasteiger partial charge on any atom is -0.354 e. The molecule has 38 heavy (non-hydrogen) atoms. The molecule has 7 nitrogen and oxygen atoms in total.